The van der Waals surface area contributed by atoms with Crippen LogP contribution in [0, 0.1) is 0 Å². The summed E-state index contributed by atoms with van der Waals surface area (Å²) >= 11 is 0. The average Bonchev–Trinajstić information content (AvgIpc) is 2.15. The summed E-state index contributed by atoms with van der Waals surface area (Å²) in [6.07, 6.45) is 2.43. The minimum absolute atomic E-state index is 0.0398. The van der Waals surface area contributed by atoms with Gasteiger partial charge >= 0.3 is 5.97 Å². The molecular weight excluding hydrogens is 196 g/mol. The predicted octanol–water partition coefficient (Wildman–Crippen LogP) is 0.259. The van der Waals surface area contributed by atoms with Crippen LogP contribution in [0.5, 0.6) is 0 Å². The molecule has 2 unspecified atom stereocenters. The molecule has 5 nitrogen and oxygen atoms in total. The van der Waals surface area contributed by atoms with Crippen molar-refractivity contribution in [3.63, 3.8) is 0 Å². The van der Waals surface area contributed by atoms with Gasteiger partial charge in [-0.3, -0.25) is 9.59 Å². The van der Waals surface area contributed by atoms with E-state index in [9.17, 15) is 9.59 Å². The second-order valence-electron chi connectivity index (χ2n) is 3.47. The fourth-order valence-electron chi connectivity index (χ4n) is 1.05. The number of hydrogen-bond acceptors (Lipinski definition) is 3. The normalized spacial score (nSPS) is 14.0. The number of carboxylic acid groups (broad SMARTS) is 1. The highest BCUT2D eigenvalue weighted by Crippen LogP contribution is 1.97. The fourth-order valence-corrected chi connectivity index (χ4v) is 1.05. The van der Waals surface area contributed by atoms with E-state index in [1.165, 1.54) is 0 Å². The van der Waals surface area contributed by atoms with Crippen molar-refractivity contribution in [2.24, 2.45) is 5.73 Å². The Hall–Kier alpha value is -1.36. The third-order valence-electron chi connectivity index (χ3n) is 1.94. The first-order chi connectivity index (χ1) is 6.97. The van der Waals surface area contributed by atoms with Gasteiger partial charge in [-0.15, -0.1) is 6.58 Å². The summed E-state index contributed by atoms with van der Waals surface area (Å²) in [6.45, 7) is 5.24. The number of carboxylic acids is 1. The van der Waals surface area contributed by atoms with E-state index in [1.807, 2.05) is 0 Å². The molecule has 0 aromatic rings. The summed E-state index contributed by atoms with van der Waals surface area (Å²) in [7, 11) is 0. The maximum atomic E-state index is 11.4. The molecule has 4 N–H and O–H groups in total. The summed E-state index contributed by atoms with van der Waals surface area (Å²) in [5, 5.41) is 11.1. The van der Waals surface area contributed by atoms with Gasteiger partial charge in [0.2, 0.25) is 5.91 Å². The predicted molar refractivity (Wildman–Crippen MR) is 57.3 cm³/mol. The van der Waals surface area contributed by atoms with Gasteiger partial charge in [-0.1, -0.05) is 6.08 Å². The Labute approximate surface area is 89.3 Å². The van der Waals surface area contributed by atoms with Crippen molar-refractivity contribution < 1.29 is 14.7 Å². The third-order valence-corrected chi connectivity index (χ3v) is 1.94. The smallest absolute Gasteiger partial charge is 0.303 e. The number of nitrogens with one attached hydrogen (secondary N) is 1. The van der Waals surface area contributed by atoms with Crippen LogP contribution in [0.2, 0.25) is 0 Å². The van der Waals surface area contributed by atoms with E-state index in [-0.39, 0.29) is 18.4 Å². The van der Waals surface area contributed by atoms with Crippen LogP contribution in [0.1, 0.15) is 26.2 Å². The summed E-state index contributed by atoms with van der Waals surface area (Å²) in [5.41, 5.74) is 5.53. The third kappa shape index (κ3) is 6.68. The van der Waals surface area contributed by atoms with Crippen molar-refractivity contribution in [3.8, 4) is 0 Å². The maximum Gasteiger partial charge on any atom is 0.303 e. The molecule has 0 aliphatic heterocycles. The van der Waals surface area contributed by atoms with Gasteiger partial charge in [0.1, 0.15) is 0 Å². The molecule has 0 rings (SSSR count). The number of rotatable bonds is 7. The Morgan fingerprint density at radius 2 is 2.20 bits per heavy atom. The quantitative estimate of drug-likeness (QED) is 0.530. The van der Waals surface area contributed by atoms with Gasteiger partial charge in [-0.05, 0) is 19.8 Å². The zero-order valence-electron chi connectivity index (χ0n) is 8.90. The molecule has 86 valence electrons. The number of aliphatic carboxylic acids is 1. The minimum atomic E-state index is -0.869. The monoisotopic (exact) mass is 214 g/mol. The molecular formula is C10H18N2O3. The highest BCUT2D eigenvalue weighted by molar-refractivity contribution is 5.81. The van der Waals surface area contributed by atoms with Gasteiger partial charge in [-0.2, -0.15) is 0 Å². The van der Waals surface area contributed by atoms with Crippen molar-refractivity contribution in [1.29, 1.82) is 0 Å². The lowest BCUT2D eigenvalue weighted by Gasteiger charge is -2.15. The minimum Gasteiger partial charge on any atom is -0.481 e. The molecule has 0 aliphatic carbocycles. The van der Waals surface area contributed by atoms with Gasteiger partial charge < -0.3 is 16.2 Å². The van der Waals surface area contributed by atoms with Crippen molar-refractivity contribution in [3.05, 3.63) is 12.7 Å². The number of hydrogen-bond donors (Lipinski definition) is 3. The number of carbonyl (C=O) groups is 2. The van der Waals surface area contributed by atoms with E-state index in [0.717, 1.165) is 0 Å². The Morgan fingerprint density at radius 1 is 1.60 bits per heavy atom. The lowest BCUT2D eigenvalue weighted by Crippen LogP contribution is -2.44. The second-order valence-corrected chi connectivity index (χ2v) is 3.47. The van der Waals surface area contributed by atoms with Crippen molar-refractivity contribution in [2.45, 2.75) is 38.3 Å². The molecule has 0 saturated heterocycles. The Bertz CT molecular complexity index is 241. The molecule has 0 radical (unpaired) electrons. The number of carbonyl (C=O) groups excluding carboxylic acids is 1. The highest BCUT2D eigenvalue weighted by Gasteiger charge is 2.14. The second kappa shape index (κ2) is 7.00. The topological polar surface area (TPSA) is 92.4 Å². The summed E-state index contributed by atoms with van der Waals surface area (Å²) in [6, 6.07) is -0.778. The molecule has 0 heterocycles. The molecule has 0 aromatic carbocycles. The SMILES string of the molecule is C=CCC(N)C(=O)NC(C)CCC(=O)O. The van der Waals surface area contributed by atoms with Crippen molar-refractivity contribution >= 4 is 11.9 Å². The molecule has 15 heavy (non-hydrogen) atoms. The molecule has 1 amide bonds. The van der Waals surface area contributed by atoms with Crippen LogP contribution in [0.25, 0.3) is 0 Å². The Balaban J connectivity index is 3.84. The van der Waals surface area contributed by atoms with Crippen LogP contribution in [0.4, 0.5) is 0 Å². The van der Waals surface area contributed by atoms with Crippen LogP contribution in [-0.4, -0.2) is 29.1 Å². The summed E-state index contributed by atoms with van der Waals surface area (Å²) in [5.74, 6) is -1.14. The lowest BCUT2D eigenvalue weighted by atomic mass is 10.1. The van der Waals surface area contributed by atoms with Crippen molar-refractivity contribution in [1.82, 2.24) is 5.32 Å². The molecule has 2 atom stereocenters. The zero-order chi connectivity index (χ0) is 11.8. The fraction of sp³-hybridized carbons (Fsp3) is 0.600. The first-order valence-corrected chi connectivity index (χ1v) is 4.86. The van der Waals surface area contributed by atoms with Gasteiger partial charge in [0.05, 0.1) is 6.04 Å². The maximum absolute atomic E-state index is 11.4. The van der Waals surface area contributed by atoms with Gasteiger partial charge in [-0.25, -0.2) is 0 Å². The van der Waals surface area contributed by atoms with Crippen LogP contribution < -0.4 is 11.1 Å². The first kappa shape index (κ1) is 13.6. The number of nitrogens with two attached hydrogens (primary N) is 1. The standard InChI is InChI=1S/C10H18N2O3/c1-3-4-8(11)10(15)12-7(2)5-6-9(13)14/h3,7-8H,1,4-6,11H2,2H3,(H,12,15)(H,13,14). The highest BCUT2D eigenvalue weighted by atomic mass is 16.4. The zero-order valence-corrected chi connectivity index (χ0v) is 8.90. The van der Waals surface area contributed by atoms with E-state index >= 15 is 0 Å². The van der Waals surface area contributed by atoms with Gasteiger partial charge in [0.25, 0.3) is 0 Å². The molecule has 0 aromatic heterocycles. The molecule has 0 aliphatic rings. The van der Waals surface area contributed by atoms with Crippen LogP contribution in [0.15, 0.2) is 12.7 Å². The molecule has 5 heteroatoms. The van der Waals surface area contributed by atoms with Gasteiger partial charge in [0.15, 0.2) is 0 Å². The van der Waals surface area contributed by atoms with E-state index < -0.39 is 12.0 Å². The number of amides is 1. The lowest BCUT2D eigenvalue weighted by molar-refractivity contribution is -0.137. The largest absolute Gasteiger partial charge is 0.481 e. The summed E-state index contributed by atoms with van der Waals surface area (Å²) < 4.78 is 0. The first-order valence-electron chi connectivity index (χ1n) is 4.86. The Morgan fingerprint density at radius 3 is 2.67 bits per heavy atom. The van der Waals surface area contributed by atoms with Crippen LogP contribution in [0.3, 0.4) is 0 Å². The van der Waals surface area contributed by atoms with E-state index in [2.05, 4.69) is 11.9 Å². The van der Waals surface area contributed by atoms with Crippen molar-refractivity contribution in [2.75, 3.05) is 0 Å². The van der Waals surface area contributed by atoms with Gasteiger partial charge in [0, 0.05) is 12.5 Å². The molecule has 0 bridgehead atoms. The van der Waals surface area contributed by atoms with E-state index in [0.29, 0.717) is 12.8 Å². The van der Waals surface area contributed by atoms with Crippen LogP contribution in [-0.2, 0) is 9.59 Å². The molecule has 0 saturated carbocycles. The Kier molecular flexibility index (Phi) is 6.37. The average molecular weight is 214 g/mol. The van der Waals surface area contributed by atoms with E-state index in [4.69, 9.17) is 10.8 Å². The summed E-state index contributed by atoms with van der Waals surface area (Å²) in [4.78, 5) is 21.6. The molecule has 0 fully saturated rings. The van der Waals surface area contributed by atoms with Crippen LogP contribution >= 0.6 is 0 Å². The van der Waals surface area contributed by atoms with E-state index in [1.54, 1.807) is 13.0 Å². The molecule has 0 spiro atoms.